The molecule has 0 aliphatic carbocycles. The van der Waals surface area contributed by atoms with Gasteiger partial charge >= 0.3 is 5.97 Å². The van der Waals surface area contributed by atoms with Gasteiger partial charge in [0.25, 0.3) is 0 Å². The minimum atomic E-state index is -0.814. The fourth-order valence-electron chi connectivity index (χ4n) is 3.68. The molecule has 0 aliphatic rings. The molecular weight excluding hydrogens is 386 g/mol. The summed E-state index contributed by atoms with van der Waals surface area (Å²) in [7, 11) is 4.06. The van der Waals surface area contributed by atoms with Gasteiger partial charge in [0.15, 0.2) is 0 Å². The van der Waals surface area contributed by atoms with Crippen molar-refractivity contribution in [3.8, 4) is 0 Å². The number of hydrogen-bond acceptors (Lipinski definition) is 3. The van der Waals surface area contributed by atoms with E-state index >= 15 is 0 Å². The van der Waals surface area contributed by atoms with Crippen LogP contribution >= 0.6 is 12.4 Å². The zero-order valence-electron chi connectivity index (χ0n) is 17.5. The van der Waals surface area contributed by atoms with Crippen molar-refractivity contribution in [2.45, 2.75) is 50.5 Å². The van der Waals surface area contributed by atoms with Crippen molar-refractivity contribution in [2.24, 2.45) is 0 Å². The van der Waals surface area contributed by atoms with Crippen LogP contribution in [-0.2, 0) is 15.0 Å². The highest BCUT2D eigenvalue weighted by Crippen LogP contribution is 2.40. The molecule has 0 bridgehead atoms. The van der Waals surface area contributed by atoms with Crippen molar-refractivity contribution in [2.75, 3.05) is 14.1 Å². The Labute approximate surface area is 180 Å². The number of Topliss-reactive ketones (excluding diaryl/α,β-unsaturated/α-hetero) is 1. The standard InChI is InChI=1S/C24H31NO3.ClH/c1-19(25(2)3)18-24(20-12-6-4-7-13-20,21-14-8-5-9-15-21)22(26)16-10-11-17-23(27)28;/h4-9,12-15,19H,10-11,16-18H2,1-3H3,(H,27,28);1H. The predicted octanol–water partition coefficient (Wildman–Crippen LogP) is 4.95. The van der Waals surface area contributed by atoms with Crippen molar-refractivity contribution in [3.05, 3.63) is 71.8 Å². The van der Waals surface area contributed by atoms with E-state index in [-0.39, 0.29) is 30.7 Å². The van der Waals surface area contributed by atoms with Gasteiger partial charge in [-0.05, 0) is 51.4 Å². The van der Waals surface area contributed by atoms with Gasteiger partial charge in [-0.15, -0.1) is 12.4 Å². The van der Waals surface area contributed by atoms with Gasteiger partial charge in [0.05, 0.1) is 5.41 Å². The van der Waals surface area contributed by atoms with Crippen LogP contribution in [0.25, 0.3) is 0 Å². The first-order chi connectivity index (χ1) is 13.4. The van der Waals surface area contributed by atoms with Crippen LogP contribution in [-0.4, -0.2) is 41.9 Å². The second-order valence-electron chi connectivity index (χ2n) is 7.68. The lowest BCUT2D eigenvalue weighted by Gasteiger charge is -2.38. The molecule has 29 heavy (non-hydrogen) atoms. The monoisotopic (exact) mass is 417 g/mol. The molecule has 0 fully saturated rings. The van der Waals surface area contributed by atoms with Crippen LogP contribution < -0.4 is 0 Å². The number of rotatable bonds is 11. The molecule has 1 atom stereocenters. The lowest BCUT2D eigenvalue weighted by atomic mass is 9.66. The number of nitrogens with zero attached hydrogens (tertiary/aromatic N) is 1. The van der Waals surface area contributed by atoms with E-state index in [9.17, 15) is 9.59 Å². The minimum Gasteiger partial charge on any atom is -0.481 e. The second kappa shape index (κ2) is 11.7. The number of carboxylic acids is 1. The summed E-state index contributed by atoms with van der Waals surface area (Å²) in [6, 6.07) is 20.2. The number of carbonyl (C=O) groups excluding carboxylic acids is 1. The molecule has 5 heteroatoms. The number of carbonyl (C=O) groups is 2. The Morgan fingerprint density at radius 2 is 1.34 bits per heavy atom. The van der Waals surface area contributed by atoms with E-state index in [2.05, 4.69) is 11.8 Å². The fraction of sp³-hybridized carbons (Fsp3) is 0.417. The van der Waals surface area contributed by atoms with Crippen LogP contribution in [0.15, 0.2) is 60.7 Å². The molecule has 2 rings (SSSR count). The van der Waals surface area contributed by atoms with Crippen molar-refractivity contribution in [3.63, 3.8) is 0 Å². The first-order valence-corrected chi connectivity index (χ1v) is 9.90. The van der Waals surface area contributed by atoms with Gasteiger partial charge in [-0.25, -0.2) is 0 Å². The summed E-state index contributed by atoms with van der Waals surface area (Å²) in [6.45, 7) is 2.14. The smallest absolute Gasteiger partial charge is 0.303 e. The van der Waals surface area contributed by atoms with Gasteiger partial charge in [-0.2, -0.15) is 0 Å². The van der Waals surface area contributed by atoms with Gasteiger partial charge in [-0.3, -0.25) is 9.59 Å². The van der Waals surface area contributed by atoms with Gasteiger partial charge in [0.2, 0.25) is 0 Å². The van der Waals surface area contributed by atoms with E-state index in [1.165, 1.54) is 0 Å². The molecule has 0 radical (unpaired) electrons. The Kier molecular flexibility index (Phi) is 10.1. The van der Waals surface area contributed by atoms with E-state index in [4.69, 9.17) is 5.11 Å². The predicted molar refractivity (Wildman–Crippen MR) is 120 cm³/mol. The quantitative estimate of drug-likeness (QED) is 0.525. The van der Waals surface area contributed by atoms with Crippen molar-refractivity contribution in [1.29, 1.82) is 0 Å². The summed E-state index contributed by atoms with van der Waals surface area (Å²) >= 11 is 0. The fourth-order valence-corrected chi connectivity index (χ4v) is 3.68. The number of hydrogen-bond donors (Lipinski definition) is 1. The summed E-state index contributed by atoms with van der Waals surface area (Å²) in [4.78, 5) is 26.7. The summed E-state index contributed by atoms with van der Waals surface area (Å²) in [6.07, 6.45) is 2.25. The molecule has 2 aromatic rings. The topological polar surface area (TPSA) is 57.6 Å². The number of benzene rings is 2. The first kappa shape index (κ1) is 24.9. The van der Waals surface area contributed by atoms with Crippen LogP contribution in [0.1, 0.15) is 50.2 Å². The Bertz CT molecular complexity index is 723. The Balaban J connectivity index is 0.00000420. The summed E-state index contributed by atoms with van der Waals surface area (Å²) in [5.74, 6) is -0.657. The molecule has 0 amide bonds. The van der Waals surface area contributed by atoms with Gasteiger partial charge in [0, 0.05) is 18.9 Å². The highest BCUT2D eigenvalue weighted by molar-refractivity contribution is 5.94. The van der Waals surface area contributed by atoms with E-state index < -0.39 is 11.4 Å². The van der Waals surface area contributed by atoms with Gasteiger partial charge in [0.1, 0.15) is 5.78 Å². The Hall–Kier alpha value is -2.17. The largest absolute Gasteiger partial charge is 0.481 e. The molecule has 0 spiro atoms. The lowest BCUT2D eigenvalue weighted by Crippen LogP contribution is -2.43. The van der Waals surface area contributed by atoms with Gasteiger partial charge in [-0.1, -0.05) is 60.7 Å². The molecule has 0 heterocycles. The van der Waals surface area contributed by atoms with Crippen LogP contribution in [0.2, 0.25) is 0 Å². The molecule has 1 N–H and O–H groups in total. The molecule has 4 nitrogen and oxygen atoms in total. The van der Waals surface area contributed by atoms with Crippen LogP contribution in [0.3, 0.4) is 0 Å². The van der Waals surface area contributed by atoms with Crippen LogP contribution in [0, 0.1) is 0 Å². The second-order valence-corrected chi connectivity index (χ2v) is 7.68. The molecule has 158 valence electrons. The normalized spacial score (nSPS) is 12.3. The first-order valence-electron chi connectivity index (χ1n) is 9.90. The minimum absolute atomic E-state index is 0. The number of aliphatic carboxylic acids is 1. The zero-order valence-corrected chi connectivity index (χ0v) is 18.3. The van der Waals surface area contributed by atoms with Crippen molar-refractivity contribution >= 4 is 24.2 Å². The average molecular weight is 418 g/mol. The van der Waals surface area contributed by atoms with E-state index in [1.807, 2.05) is 74.8 Å². The van der Waals surface area contributed by atoms with Crippen LogP contribution in [0.5, 0.6) is 0 Å². The van der Waals surface area contributed by atoms with Gasteiger partial charge < -0.3 is 10.0 Å². The van der Waals surface area contributed by atoms with Crippen LogP contribution in [0.4, 0.5) is 0 Å². The molecule has 0 saturated carbocycles. The van der Waals surface area contributed by atoms with E-state index in [1.54, 1.807) is 0 Å². The third-order valence-corrected chi connectivity index (χ3v) is 5.54. The SMILES string of the molecule is CC(CC(C(=O)CCCCC(=O)O)(c1ccccc1)c1ccccc1)N(C)C.Cl. The Morgan fingerprint density at radius 1 is 0.897 bits per heavy atom. The maximum absolute atomic E-state index is 13.7. The molecular formula is C24H32ClNO3. The van der Waals surface area contributed by atoms with Crippen molar-refractivity contribution < 1.29 is 14.7 Å². The number of halogens is 1. The molecule has 0 aliphatic heterocycles. The summed E-state index contributed by atoms with van der Waals surface area (Å²) in [5, 5.41) is 8.88. The number of carboxylic acid groups (broad SMARTS) is 1. The number of ketones is 1. The third kappa shape index (κ3) is 6.41. The highest BCUT2D eigenvalue weighted by atomic mass is 35.5. The Morgan fingerprint density at radius 3 is 1.76 bits per heavy atom. The van der Waals surface area contributed by atoms with Crippen molar-refractivity contribution in [1.82, 2.24) is 4.90 Å². The van der Waals surface area contributed by atoms with E-state index in [0.29, 0.717) is 25.7 Å². The van der Waals surface area contributed by atoms with E-state index in [0.717, 1.165) is 11.1 Å². The maximum atomic E-state index is 13.7. The molecule has 1 unspecified atom stereocenters. The zero-order chi connectivity index (χ0) is 20.6. The third-order valence-electron chi connectivity index (χ3n) is 5.54. The molecule has 0 saturated heterocycles. The number of unbranched alkanes of at least 4 members (excludes halogenated alkanes) is 1. The molecule has 2 aromatic carbocycles. The molecule has 0 aromatic heterocycles. The maximum Gasteiger partial charge on any atom is 0.303 e. The highest BCUT2D eigenvalue weighted by Gasteiger charge is 2.42. The lowest BCUT2D eigenvalue weighted by molar-refractivity contribution is -0.137. The summed E-state index contributed by atoms with van der Waals surface area (Å²) in [5.41, 5.74) is 1.26. The summed E-state index contributed by atoms with van der Waals surface area (Å²) < 4.78 is 0. The average Bonchev–Trinajstić information content (AvgIpc) is 2.70.